The molecule has 1 saturated heterocycles. The van der Waals surface area contributed by atoms with Gasteiger partial charge in [-0.25, -0.2) is 0 Å². The van der Waals surface area contributed by atoms with Gasteiger partial charge in [-0.05, 0) is 40.0 Å². The maximum absolute atomic E-state index is 3.91. The first-order chi connectivity index (χ1) is 8.49. The lowest BCUT2D eigenvalue weighted by Gasteiger charge is -2.55. The molecule has 1 saturated carbocycles. The van der Waals surface area contributed by atoms with E-state index in [0.717, 1.165) is 12.6 Å². The van der Waals surface area contributed by atoms with Gasteiger partial charge >= 0.3 is 0 Å². The SMILES string of the molecule is CCCC(C)N1CC2(CCCCC2)NCC1(C)C. The van der Waals surface area contributed by atoms with Crippen LogP contribution in [0.3, 0.4) is 0 Å². The summed E-state index contributed by atoms with van der Waals surface area (Å²) in [5, 5.41) is 3.91. The standard InChI is InChI=1S/C16H32N2/c1-5-9-14(2)18-13-16(10-7-6-8-11-16)17-12-15(18,3)4/h14,17H,5-13H2,1-4H3. The maximum atomic E-state index is 3.91. The van der Waals surface area contributed by atoms with Crippen LogP contribution in [-0.4, -0.2) is 35.1 Å². The van der Waals surface area contributed by atoms with Gasteiger partial charge in [-0.3, -0.25) is 4.90 Å². The molecule has 0 bridgehead atoms. The molecule has 18 heavy (non-hydrogen) atoms. The highest BCUT2D eigenvalue weighted by atomic mass is 15.3. The molecule has 0 radical (unpaired) electrons. The Labute approximate surface area is 114 Å². The van der Waals surface area contributed by atoms with Crippen molar-refractivity contribution in [1.82, 2.24) is 10.2 Å². The second-order valence-corrected chi connectivity index (χ2v) is 7.27. The van der Waals surface area contributed by atoms with E-state index < -0.39 is 0 Å². The van der Waals surface area contributed by atoms with E-state index in [2.05, 4.69) is 37.9 Å². The van der Waals surface area contributed by atoms with E-state index in [9.17, 15) is 0 Å². The van der Waals surface area contributed by atoms with E-state index in [4.69, 9.17) is 0 Å². The average molecular weight is 252 g/mol. The maximum Gasteiger partial charge on any atom is 0.0309 e. The van der Waals surface area contributed by atoms with E-state index in [1.807, 2.05) is 0 Å². The van der Waals surface area contributed by atoms with Gasteiger partial charge in [-0.2, -0.15) is 0 Å². The second kappa shape index (κ2) is 5.50. The van der Waals surface area contributed by atoms with E-state index in [1.54, 1.807) is 0 Å². The van der Waals surface area contributed by atoms with Crippen LogP contribution >= 0.6 is 0 Å². The van der Waals surface area contributed by atoms with Crippen molar-refractivity contribution in [3.05, 3.63) is 0 Å². The predicted octanol–water partition coefficient (Wildman–Crippen LogP) is 3.56. The molecule has 0 aromatic rings. The summed E-state index contributed by atoms with van der Waals surface area (Å²) in [5.74, 6) is 0. The number of nitrogens with zero attached hydrogens (tertiary/aromatic N) is 1. The number of hydrogen-bond donors (Lipinski definition) is 1. The molecule has 2 heteroatoms. The summed E-state index contributed by atoms with van der Waals surface area (Å²) >= 11 is 0. The van der Waals surface area contributed by atoms with Crippen molar-refractivity contribution in [2.45, 2.75) is 89.8 Å². The Morgan fingerprint density at radius 2 is 1.83 bits per heavy atom. The van der Waals surface area contributed by atoms with Crippen molar-refractivity contribution in [2.75, 3.05) is 13.1 Å². The summed E-state index contributed by atoms with van der Waals surface area (Å²) < 4.78 is 0. The summed E-state index contributed by atoms with van der Waals surface area (Å²) in [6.07, 6.45) is 9.69. The van der Waals surface area contributed by atoms with Crippen molar-refractivity contribution >= 4 is 0 Å². The highest BCUT2D eigenvalue weighted by molar-refractivity contribution is 5.04. The zero-order valence-electron chi connectivity index (χ0n) is 12.9. The van der Waals surface area contributed by atoms with Crippen molar-refractivity contribution in [1.29, 1.82) is 0 Å². The Balaban J connectivity index is 2.08. The summed E-state index contributed by atoms with van der Waals surface area (Å²) in [4.78, 5) is 2.79. The number of hydrogen-bond acceptors (Lipinski definition) is 2. The fourth-order valence-electron chi connectivity index (χ4n) is 3.99. The highest BCUT2D eigenvalue weighted by Crippen LogP contribution is 2.35. The van der Waals surface area contributed by atoms with Crippen LogP contribution in [-0.2, 0) is 0 Å². The van der Waals surface area contributed by atoms with E-state index in [1.165, 1.54) is 51.5 Å². The molecule has 2 nitrogen and oxygen atoms in total. The van der Waals surface area contributed by atoms with Crippen LogP contribution in [0.4, 0.5) is 0 Å². The van der Waals surface area contributed by atoms with Gasteiger partial charge in [0.05, 0.1) is 0 Å². The molecule has 1 atom stereocenters. The lowest BCUT2D eigenvalue weighted by Crippen LogP contribution is -2.70. The first-order valence-corrected chi connectivity index (χ1v) is 8.01. The smallest absolute Gasteiger partial charge is 0.0309 e. The Bertz CT molecular complexity index is 266. The quantitative estimate of drug-likeness (QED) is 0.826. The summed E-state index contributed by atoms with van der Waals surface area (Å²) in [7, 11) is 0. The van der Waals surface area contributed by atoms with Gasteiger partial charge in [0, 0.05) is 30.2 Å². The van der Waals surface area contributed by atoms with Crippen LogP contribution in [0, 0.1) is 0 Å². The molecule has 0 aromatic heterocycles. The third-order valence-corrected chi connectivity index (χ3v) is 5.20. The van der Waals surface area contributed by atoms with Gasteiger partial charge in [0.15, 0.2) is 0 Å². The topological polar surface area (TPSA) is 15.3 Å². The minimum atomic E-state index is 0.317. The molecule has 0 amide bonds. The number of nitrogens with one attached hydrogen (secondary N) is 1. The van der Waals surface area contributed by atoms with Crippen LogP contribution in [0.2, 0.25) is 0 Å². The van der Waals surface area contributed by atoms with Crippen LogP contribution in [0.5, 0.6) is 0 Å². The fourth-order valence-corrected chi connectivity index (χ4v) is 3.99. The minimum absolute atomic E-state index is 0.317. The lowest BCUT2D eigenvalue weighted by molar-refractivity contribution is -0.0172. The zero-order chi connectivity index (χ0) is 13.2. The van der Waals surface area contributed by atoms with Crippen molar-refractivity contribution in [2.24, 2.45) is 0 Å². The first kappa shape index (κ1) is 14.3. The van der Waals surface area contributed by atoms with E-state index >= 15 is 0 Å². The number of rotatable bonds is 3. The monoisotopic (exact) mass is 252 g/mol. The molecule has 1 spiro atoms. The molecule has 2 fully saturated rings. The Hall–Kier alpha value is -0.0800. The second-order valence-electron chi connectivity index (χ2n) is 7.27. The van der Waals surface area contributed by atoms with Crippen molar-refractivity contribution in [3.63, 3.8) is 0 Å². The normalized spacial score (nSPS) is 29.3. The van der Waals surface area contributed by atoms with Gasteiger partial charge in [0.25, 0.3) is 0 Å². The predicted molar refractivity (Wildman–Crippen MR) is 79.0 cm³/mol. The molecule has 1 unspecified atom stereocenters. The van der Waals surface area contributed by atoms with Crippen molar-refractivity contribution in [3.8, 4) is 0 Å². The Morgan fingerprint density at radius 3 is 2.44 bits per heavy atom. The Morgan fingerprint density at radius 1 is 1.17 bits per heavy atom. The fraction of sp³-hybridized carbons (Fsp3) is 1.00. The first-order valence-electron chi connectivity index (χ1n) is 8.01. The third-order valence-electron chi connectivity index (χ3n) is 5.20. The van der Waals surface area contributed by atoms with Crippen molar-refractivity contribution < 1.29 is 0 Å². The van der Waals surface area contributed by atoms with Gasteiger partial charge in [0.2, 0.25) is 0 Å². The highest BCUT2D eigenvalue weighted by Gasteiger charge is 2.44. The summed E-state index contributed by atoms with van der Waals surface area (Å²) in [5.41, 5.74) is 0.757. The molecule has 1 aliphatic carbocycles. The minimum Gasteiger partial charge on any atom is -0.308 e. The van der Waals surface area contributed by atoms with Crippen LogP contribution in [0.25, 0.3) is 0 Å². The van der Waals surface area contributed by atoms with E-state index in [-0.39, 0.29) is 0 Å². The molecule has 2 aliphatic rings. The van der Waals surface area contributed by atoms with Gasteiger partial charge < -0.3 is 5.32 Å². The van der Waals surface area contributed by atoms with E-state index in [0.29, 0.717) is 11.1 Å². The van der Waals surface area contributed by atoms with Gasteiger partial charge in [-0.15, -0.1) is 0 Å². The van der Waals surface area contributed by atoms with Crippen LogP contribution < -0.4 is 5.32 Å². The third kappa shape index (κ3) is 2.91. The molecule has 106 valence electrons. The molecular formula is C16H32N2. The largest absolute Gasteiger partial charge is 0.308 e. The van der Waals surface area contributed by atoms with Gasteiger partial charge in [-0.1, -0.05) is 32.6 Å². The summed E-state index contributed by atoms with van der Waals surface area (Å²) in [6.45, 7) is 12.0. The molecule has 1 heterocycles. The van der Waals surface area contributed by atoms with Crippen LogP contribution in [0.1, 0.15) is 72.6 Å². The Kier molecular flexibility index (Phi) is 4.38. The van der Waals surface area contributed by atoms with Gasteiger partial charge in [0.1, 0.15) is 0 Å². The number of piperazine rings is 1. The molecular weight excluding hydrogens is 220 g/mol. The molecule has 2 rings (SSSR count). The molecule has 1 aliphatic heterocycles. The summed E-state index contributed by atoms with van der Waals surface area (Å²) in [6, 6.07) is 0.728. The van der Waals surface area contributed by atoms with Crippen LogP contribution in [0.15, 0.2) is 0 Å². The zero-order valence-corrected chi connectivity index (χ0v) is 12.9. The molecule has 0 aromatic carbocycles. The average Bonchev–Trinajstić information content (AvgIpc) is 2.34. The lowest BCUT2D eigenvalue weighted by atomic mass is 9.77. The molecule has 1 N–H and O–H groups in total.